The van der Waals surface area contributed by atoms with Crippen molar-refractivity contribution in [1.82, 2.24) is 30.0 Å². The SMILES string of the molecule is CCC(N)c1cn(Cc2cn(C)nn2)nn1. The number of nitrogens with two attached hydrogens (primary N) is 1. The Bertz CT molecular complexity index is 458. The molecule has 0 amide bonds. The van der Waals surface area contributed by atoms with Crippen LogP contribution in [-0.4, -0.2) is 30.0 Å². The molecule has 0 saturated heterocycles. The van der Waals surface area contributed by atoms with E-state index in [1.54, 1.807) is 9.36 Å². The zero-order chi connectivity index (χ0) is 11.5. The minimum atomic E-state index is -0.0457. The minimum Gasteiger partial charge on any atom is -0.323 e. The molecule has 7 nitrogen and oxygen atoms in total. The Labute approximate surface area is 93.2 Å². The molecule has 16 heavy (non-hydrogen) atoms. The van der Waals surface area contributed by atoms with E-state index in [-0.39, 0.29) is 6.04 Å². The number of aromatic nitrogens is 6. The summed E-state index contributed by atoms with van der Waals surface area (Å²) in [6.07, 6.45) is 4.55. The molecule has 86 valence electrons. The molecule has 7 heteroatoms. The maximum absolute atomic E-state index is 5.86. The monoisotopic (exact) mass is 221 g/mol. The van der Waals surface area contributed by atoms with Gasteiger partial charge in [-0.25, -0.2) is 4.68 Å². The topological polar surface area (TPSA) is 87.4 Å². The second kappa shape index (κ2) is 4.40. The van der Waals surface area contributed by atoms with E-state index in [1.165, 1.54) is 0 Å². The van der Waals surface area contributed by atoms with E-state index in [2.05, 4.69) is 20.6 Å². The van der Waals surface area contributed by atoms with Gasteiger partial charge in [-0.2, -0.15) is 0 Å². The Morgan fingerprint density at radius 1 is 1.31 bits per heavy atom. The highest BCUT2D eigenvalue weighted by atomic mass is 15.4. The Balaban J connectivity index is 2.08. The standard InChI is InChI=1S/C9H15N7/c1-3-8(10)9-6-16(14-12-9)5-7-4-15(2)13-11-7/h4,6,8H,3,5,10H2,1-2H3. The second-order valence-corrected chi connectivity index (χ2v) is 3.74. The molecule has 2 heterocycles. The van der Waals surface area contributed by atoms with Crippen LogP contribution in [0.15, 0.2) is 12.4 Å². The molecule has 0 radical (unpaired) electrons. The van der Waals surface area contributed by atoms with E-state index in [0.717, 1.165) is 17.8 Å². The zero-order valence-electron chi connectivity index (χ0n) is 9.41. The van der Waals surface area contributed by atoms with E-state index in [9.17, 15) is 0 Å². The number of hydrogen-bond acceptors (Lipinski definition) is 5. The zero-order valence-corrected chi connectivity index (χ0v) is 9.41. The van der Waals surface area contributed by atoms with Crippen molar-refractivity contribution in [2.24, 2.45) is 12.8 Å². The van der Waals surface area contributed by atoms with Crippen LogP contribution in [0.2, 0.25) is 0 Å². The molecule has 0 bridgehead atoms. The van der Waals surface area contributed by atoms with E-state index in [4.69, 9.17) is 5.73 Å². The fourth-order valence-corrected chi connectivity index (χ4v) is 1.40. The molecule has 0 aromatic carbocycles. The Hall–Kier alpha value is -1.76. The highest BCUT2D eigenvalue weighted by Crippen LogP contribution is 2.09. The molecule has 0 saturated carbocycles. The van der Waals surface area contributed by atoms with Crippen LogP contribution in [0.25, 0.3) is 0 Å². The molecular weight excluding hydrogens is 206 g/mol. The maximum atomic E-state index is 5.86. The van der Waals surface area contributed by atoms with E-state index >= 15 is 0 Å². The lowest BCUT2D eigenvalue weighted by molar-refractivity contribution is 0.633. The molecule has 1 atom stereocenters. The second-order valence-electron chi connectivity index (χ2n) is 3.74. The van der Waals surface area contributed by atoms with Gasteiger partial charge < -0.3 is 5.73 Å². The Morgan fingerprint density at radius 2 is 2.12 bits per heavy atom. The predicted octanol–water partition coefficient (Wildman–Crippen LogP) is -0.135. The van der Waals surface area contributed by atoms with Gasteiger partial charge in [-0.05, 0) is 6.42 Å². The summed E-state index contributed by atoms with van der Waals surface area (Å²) in [4.78, 5) is 0. The highest BCUT2D eigenvalue weighted by Gasteiger charge is 2.09. The van der Waals surface area contributed by atoms with Crippen molar-refractivity contribution in [2.45, 2.75) is 25.9 Å². The van der Waals surface area contributed by atoms with E-state index < -0.39 is 0 Å². The van der Waals surface area contributed by atoms with Gasteiger partial charge in [-0.15, -0.1) is 10.2 Å². The number of nitrogens with zero attached hydrogens (tertiary/aromatic N) is 6. The van der Waals surface area contributed by atoms with Gasteiger partial charge in [0, 0.05) is 13.2 Å². The summed E-state index contributed by atoms with van der Waals surface area (Å²) >= 11 is 0. The van der Waals surface area contributed by atoms with Crippen molar-refractivity contribution in [3.05, 3.63) is 23.8 Å². The normalized spacial score (nSPS) is 12.9. The van der Waals surface area contributed by atoms with Crippen LogP contribution in [0.3, 0.4) is 0 Å². The van der Waals surface area contributed by atoms with E-state index in [1.807, 2.05) is 26.4 Å². The maximum Gasteiger partial charge on any atom is 0.104 e. The molecule has 0 spiro atoms. The van der Waals surface area contributed by atoms with Crippen LogP contribution in [-0.2, 0) is 13.6 Å². The van der Waals surface area contributed by atoms with Gasteiger partial charge in [0.2, 0.25) is 0 Å². The first kappa shape index (κ1) is 10.7. The predicted molar refractivity (Wildman–Crippen MR) is 57.3 cm³/mol. The first-order valence-corrected chi connectivity index (χ1v) is 5.20. The number of aryl methyl sites for hydroxylation is 1. The lowest BCUT2D eigenvalue weighted by atomic mass is 10.2. The Morgan fingerprint density at radius 3 is 2.75 bits per heavy atom. The van der Waals surface area contributed by atoms with Gasteiger partial charge in [0.25, 0.3) is 0 Å². The lowest BCUT2D eigenvalue weighted by Gasteiger charge is -2.01. The summed E-state index contributed by atoms with van der Waals surface area (Å²) in [5.41, 5.74) is 7.52. The van der Waals surface area contributed by atoms with Crippen molar-refractivity contribution >= 4 is 0 Å². The lowest BCUT2D eigenvalue weighted by Crippen LogP contribution is -2.08. The van der Waals surface area contributed by atoms with Gasteiger partial charge in [0.1, 0.15) is 5.69 Å². The summed E-state index contributed by atoms with van der Waals surface area (Å²) in [5.74, 6) is 0. The molecule has 2 aromatic rings. The third kappa shape index (κ3) is 2.25. The molecule has 0 aliphatic rings. The summed E-state index contributed by atoms with van der Waals surface area (Å²) < 4.78 is 3.37. The summed E-state index contributed by atoms with van der Waals surface area (Å²) in [5, 5.41) is 15.9. The molecule has 0 aliphatic carbocycles. The largest absolute Gasteiger partial charge is 0.323 e. The van der Waals surface area contributed by atoms with Crippen molar-refractivity contribution in [2.75, 3.05) is 0 Å². The first-order chi connectivity index (χ1) is 7.69. The smallest absolute Gasteiger partial charge is 0.104 e. The average Bonchev–Trinajstić information content (AvgIpc) is 2.87. The van der Waals surface area contributed by atoms with Crippen LogP contribution >= 0.6 is 0 Å². The number of hydrogen-bond donors (Lipinski definition) is 1. The van der Waals surface area contributed by atoms with Gasteiger partial charge in [-0.1, -0.05) is 17.4 Å². The van der Waals surface area contributed by atoms with Crippen LogP contribution < -0.4 is 5.73 Å². The van der Waals surface area contributed by atoms with Crippen LogP contribution in [0.4, 0.5) is 0 Å². The molecule has 0 aliphatic heterocycles. The van der Waals surface area contributed by atoms with Crippen molar-refractivity contribution in [3.63, 3.8) is 0 Å². The molecular formula is C9H15N7. The quantitative estimate of drug-likeness (QED) is 0.776. The molecule has 1 unspecified atom stereocenters. The summed E-state index contributed by atoms with van der Waals surface area (Å²) in [6.45, 7) is 2.59. The third-order valence-electron chi connectivity index (χ3n) is 2.35. The van der Waals surface area contributed by atoms with Crippen molar-refractivity contribution in [3.8, 4) is 0 Å². The van der Waals surface area contributed by atoms with Crippen LogP contribution in [0, 0.1) is 0 Å². The van der Waals surface area contributed by atoms with E-state index in [0.29, 0.717) is 6.54 Å². The first-order valence-electron chi connectivity index (χ1n) is 5.20. The van der Waals surface area contributed by atoms with Crippen LogP contribution in [0.1, 0.15) is 30.8 Å². The van der Waals surface area contributed by atoms with Crippen molar-refractivity contribution < 1.29 is 0 Å². The summed E-state index contributed by atoms with van der Waals surface area (Å²) in [6, 6.07) is -0.0457. The van der Waals surface area contributed by atoms with Crippen LogP contribution in [0.5, 0.6) is 0 Å². The fourth-order valence-electron chi connectivity index (χ4n) is 1.40. The molecule has 2 aromatic heterocycles. The minimum absolute atomic E-state index is 0.0457. The molecule has 2 rings (SSSR count). The highest BCUT2D eigenvalue weighted by molar-refractivity contribution is 5.01. The van der Waals surface area contributed by atoms with Gasteiger partial charge in [0.05, 0.1) is 24.5 Å². The fraction of sp³-hybridized carbons (Fsp3) is 0.556. The van der Waals surface area contributed by atoms with Gasteiger partial charge in [-0.3, -0.25) is 4.68 Å². The van der Waals surface area contributed by atoms with Gasteiger partial charge in [0.15, 0.2) is 0 Å². The van der Waals surface area contributed by atoms with Gasteiger partial charge >= 0.3 is 0 Å². The Kier molecular flexibility index (Phi) is 2.95. The average molecular weight is 221 g/mol. The summed E-state index contributed by atoms with van der Waals surface area (Å²) in [7, 11) is 1.83. The molecule has 0 fully saturated rings. The molecule has 2 N–H and O–H groups in total. The van der Waals surface area contributed by atoms with Crippen molar-refractivity contribution in [1.29, 1.82) is 0 Å². The number of rotatable bonds is 4. The third-order valence-corrected chi connectivity index (χ3v) is 2.35.